The molecule has 2 fully saturated rings. The molecule has 0 aromatic carbocycles. The molecule has 1 saturated heterocycles. The number of aromatic nitrogens is 3. The van der Waals surface area contributed by atoms with Crippen LogP contribution in [0, 0.1) is 0 Å². The summed E-state index contributed by atoms with van der Waals surface area (Å²) < 4.78 is 0. The Balaban J connectivity index is 1.36. The number of nitrogens with zero attached hydrogens (tertiary/aromatic N) is 5. The summed E-state index contributed by atoms with van der Waals surface area (Å²) in [7, 11) is 0. The van der Waals surface area contributed by atoms with Gasteiger partial charge in [0.15, 0.2) is 5.82 Å². The maximum absolute atomic E-state index is 12.7. The van der Waals surface area contributed by atoms with Crippen molar-refractivity contribution in [2.75, 3.05) is 26.2 Å². The number of amides is 1. The molecule has 0 spiro atoms. The average Bonchev–Trinajstić information content (AvgIpc) is 2.75. The zero-order valence-electron chi connectivity index (χ0n) is 15.0. The minimum absolute atomic E-state index is 0.0366. The summed E-state index contributed by atoms with van der Waals surface area (Å²) in [6, 6.07) is 4.45. The third-order valence-corrected chi connectivity index (χ3v) is 5.53. The van der Waals surface area contributed by atoms with Crippen molar-refractivity contribution in [2.24, 2.45) is 0 Å². The third kappa shape index (κ3) is 3.75. The lowest BCUT2D eigenvalue weighted by molar-refractivity contribution is 0.0522. The van der Waals surface area contributed by atoms with Gasteiger partial charge in [0, 0.05) is 62.6 Å². The van der Waals surface area contributed by atoms with Crippen LogP contribution >= 0.6 is 0 Å². The zero-order chi connectivity index (χ0) is 17.8. The summed E-state index contributed by atoms with van der Waals surface area (Å²) >= 11 is 0. The van der Waals surface area contributed by atoms with Gasteiger partial charge in [-0.25, -0.2) is 9.97 Å². The van der Waals surface area contributed by atoms with Crippen LogP contribution in [0.5, 0.6) is 0 Å². The molecule has 136 valence electrons. The quantitative estimate of drug-likeness (QED) is 0.851. The minimum Gasteiger partial charge on any atom is -0.336 e. The second-order valence-electron chi connectivity index (χ2n) is 7.15. The molecular formula is C20H25N5O. The van der Waals surface area contributed by atoms with E-state index in [1.165, 1.54) is 32.1 Å². The Kier molecular flexibility index (Phi) is 5.20. The molecule has 0 atom stereocenters. The van der Waals surface area contributed by atoms with Crippen LogP contribution in [0.15, 0.2) is 36.9 Å². The lowest BCUT2D eigenvalue weighted by Crippen LogP contribution is -2.52. The molecule has 0 bridgehead atoms. The van der Waals surface area contributed by atoms with Crippen LogP contribution < -0.4 is 0 Å². The number of carbonyl (C=O) groups is 1. The first-order valence-corrected chi connectivity index (χ1v) is 9.57. The lowest BCUT2D eigenvalue weighted by Gasteiger charge is -2.40. The smallest absolute Gasteiger partial charge is 0.257 e. The summed E-state index contributed by atoms with van der Waals surface area (Å²) in [5.74, 6) is 0.653. The van der Waals surface area contributed by atoms with Gasteiger partial charge in [-0.15, -0.1) is 0 Å². The van der Waals surface area contributed by atoms with Gasteiger partial charge in [0.05, 0.1) is 5.56 Å². The summed E-state index contributed by atoms with van der Waals surface area (Å²) in [5.41, 5.74) is 1.47. The van der Waals surface area contributed by atoms with Gasteiger partial charge < -0.3 is 4.90 Å². The van der Waals surface area contributed by atoms with E-state index in [2.05, 4.69) is 19.9 Å². The normalized spacial score (nSPS) is 19.5. The topological polar surface area (TPSA) is 62.2 Å². The molecule has 6 nitrogen and oxygen atoms in total. The average molecular weight is 351 g/mol. The number of piperazine rings is 1. The van der Waals surface area contributed by atoms with Crippen LogP contribution in [0.1, 0.15) is 42.5 Å². The fraction of sp³-hybridized carbons (Fsp3) is 0.500. The first-order chi connectivity index (χ1) is 12.8. The monoisotopic (exact) mass is 351 g/mol. The summed E-state index contributed by atoms with van der Waals surface area (Å²) in [6.07, 6.45) is 13.4. The zero-order valence-corrected chi connectivity index (χ0v) is 15.0. The van der Waals surface area contributed by atoms with E-state index in [1.807, 2.05) is 17.0 Å². The van der Waals surface area contributed by atoms with Crippen molar-refractivity contribution in [2.45, 2.75) is 38.1 Å². The number of rotatable bonds is 3. The van der Waals surface area contributed by atoms with Crippen molar-refractivity contribution in [3.63, 3.8) is 0 Å². The van der Waals surface area contributed by atoms with Crippen molar-refractivity contribution in [3.8, 4) is 11.4 Å². The van der Waals surface area contributed by atoms with E-state index in [0.29, 0.717) is 11.4 Å². The molecule has 1 saturated carbocycles. The minimum atomic E-state index is 0.0366. The maximum Gasteiger partial charge on any atom is 0.257 e. The molecule has 3 heterocycles. The van der Waals surface area contributed by atoms with Crippen LogP contribution in [0.2, 0.25) is 0 Å². The van der Waals surface area contributed by atoms with Crippen LogP contribution in [0.3, 0.4) is 0 Å². The van der Waals surface area contributed by atoms with Crippen molar-refractivity contribution >= 4 is 5.91 Å². The maximum atomic E-state index is 12.7. The SMILES string of the molecule is O=C(c1cnc(-c2ccncc2)nc1)N1CCN(C2CCCCC2)CC1. The van der Waals surface area contributed by atoms with Gasteiger partial charge in [0.2, 0.25) is 0 Å². The van der Waals surface area contributed by atoms with Crippen molar-refractivity contribution in [1.82, 2.24) is 24.8 Å². The van der Waals surface area contributed by atoms with Crippen LogP contribution in [-0.2, 0) is 0 Å². The number of carbonyl (C=O) groups excluding carboxylic acids is 1. The highest BCUT2D eigenvalue weighted by Crippen LogP contribution is 2.23. The predicted octanol–water partition coefficient (Wildman–Crippen LogP) is 2.63. The van der Waals surface area contributed by atoms with E-state index in [9.17, 15) is 4.79 Å². The first kappa shape index (κ1) is 17.1. The molecule has 4 rings (SSSR count). The molecule has 1 aliphatic carbocycles. The fourth-order valence-corrected chi connectivity index (χ4v) is 4.01. The van der Waals surface area contributed by atoms with Gasteiger partial charge in [0.25, 0.3) is 5.91 Å². The van der Waals surface area contributed by atoms with Crippen LogP contribution in [0.4, 0.5) is 0 Å². The third-order valence-electron chi connectivity index (χ3n) is 5.53. The second-order valence-corrected chi connectivity index (χ2v) is 7.15. The second kappa shape index (κ2) is 7.91. The molecular weight excluding hydrogens is 326 g/mol. The molecule has 2 aliphatic rings. The standard InChI is InChI=1S/C20H25N5O/c26-20(17-14-22-19(23-15-17)16-6-8-21-9-7-16)25-12-10-24(11-13-25)18-4-2-1-3-5-18/h6-9,14-15,18H,1-5,10-13H2. The summed E-state index contributed by atoms with van der Waals surface area (Å²) in [5, 5.41) is 0. The van der Waals surface area contributed by atoms with Crippen LogP contribution in [-0.4, -0.2) is 62.9 Å². The van der Waals surface area contributed by atoms with E-state index < -0.39 is 0 Å². The Morgan fingerprint density at radius 2 is 1.58 bits per heavy atom. The lowest BCUT2D eigenvalue weighted by atomic mass is 9.94. The summed E-state index contributed by atoms with van der Waals surface area (Å²) in [6.45, 7) is 3.54. The highest BCUT2D eigenvalue weighted by molar-refractivity contribution is 5.93. The number of pyridine rings is 1. The fourth-order valence-electron chi connectivity index (χ4n) is 4.01. The summed E-state index contributed by atoms with van der Waals surface area (Å²) in [4.78, 5) is 30.0. The van der Waals surface area contributed by atoms with E-state index in [1.54, 1.807) is 24.8 Å². The van der Waals surface area contributed by atoms with Gasteiger partial charge in [0.1, 0.15) is 0 Å². The number of hydrogen-bond acceptors (Lipinski definition) is 5. The van der Waals surface area contributed by atoms with Gasteiger partial charge in [-0.3, -0.25) is 14.7 Å². The Hall–Kier alpha value is -2.34. The Bertz CT molecular complexity index is 720. The molecule has 0 unspecified atom stereocenters. The van der Waals surface area contributed by atoms with Crippen molar-refractivity contribution in [3.05, 3.63) is 42.5 Å². The highest BCUT2D eigenvalue weighted by Gasteiger charge is 2.27. The molecule has 26 heavy (non-hydrogen) atoms. The first-order valence-electron chi connectivity index (χ1n) is 9.57. The molecule has 0 N–H and O–H groups in total. The van der Waals surface area contributed by atoms with E-state index in [4.69, 9.17) is 0 Å². The molecule has 1 aliphatic heterocycles. The Morgan fingerprint density at radius 1 is 0.923 bits per heavy atom. The Labute approximate surface area is 154 Å². The Morgan fingerprint density at radius 3 is 2.23 bits per heavy atom. The molecule has 0 radical (unpaired) electrons. The highest BCUT2D eigenvalue weighted by atomic mass is 16.2. The van der Waals surface area contributed by atoms with Crippen molar-refractivity contribution in [1.29, 1.82) is 0 Å². The van der Waals surface area contributed by atoms with Gasteiger partial charge in [-0.2, -0.15) is 0 Å². The van der Waals surface area contributed by atoms with Gasteiger partial charge >= 0.3 is 0 Å². The van der Waals surface area contributed by atoms with E-state index in [0.717, 1.165) is 37.8 Å². The molecule has 6 heteroatoms. The van der Waals surface area contributed by atoms with E-state index >= 15 is 0 Å². The van der Waals surface area contributed by atoms with Crippen LogP contribution in [0.25, 0.3) is 11.4 Å². The molecule has 1 amide bonds. The van der Waals surface area contributed by atoms with Gasteiger partial charge in [-0.1, -0.05) is 19.3 Å². The van der Waals surface area contributed by atoms with Gasteiger partial charge in [-0.05, 0) is 25.0 Å². The predicted molar refractivity (Wildman–Crippen MR) is 99.6 cm³/mol. The molecule has 2 aromatic heterocycles. The van der Waals surface area contributed by atoms with Crippen molar-refractivity contribution < 1.29 is 4.79 Å². The number of hydrogen-bond donors (Lipinski definition) is 0. The van der Waals surface area contributed by atoms with E-state index in [-0.39, 0.29) is 5.91 Å². The largest absolute Gasteiger partial charge is 0.336 e. The molecule has 2 aromatic rings.